The summed E-state index contributed by atoms with van der Waals surface area (Å²) in [6.45, 7) is 4.64. The fraction of sp³-hybridized carbons (Fsp3) is 0.381. The molecule has 0 radical (unpaired) electrons. The van der Waals surface area contributed by atoms with Crippen LogP contribution in [0.15, 0.2) is 24.3 Å². The minimum Gasteiger partial charge on any atom is -0.483 e. The minimum atomic E-state index is -4.60. The van der Waals surface area contributed by atoms with Crippen molar-refractivity contribution >= 4 is 5.97 Å². The molecule has 2 rings (SSSR count). The average Bonchev–Trinajstić information content (AvgIpc) is 2.64. The number of nitrogens with zero attached hydrogens (tertiary/aromatic N) is 2. The van der Waals surface area contributed by atoms with E-state index in [-0.39, 0.29) is 34.7 Å². The van der Waals surface area contributed by atoms with E-state index in [0.717, 1.165) is 0 Å². The van der Waals surface area contributed by atoms with E-state index >= 15 is 0 Å². The summed E-state index contributed by atoms with van der Waals surface area (Å²) in [6, 6.07) is 7.41. The molecule has 0 amide bonds. The minimum absolute atomic E-state index is 0.0139. The number of aliphatic hydroxyl groups is 1. The molecule has 2 aromatic rings. The lowest BCUT2D eigenvalue weighted by Crippen LogP contribution is -2.20. The first-order chi connectivity index (χ1) is 13.9. The summed E-state index contributed by atoms with van der Waals surface area (Å²) >= 11 is 0. The fourth-order valence-corrected chi connectivity index (χ4v) is 2.73. The van der Waals surface area contributed by atoms with Gasteiger partial charge in [0.05, 0.1) is 29.0 Å². The number of halogens is 3. The first-order valence-corrected chi connectivity index (χ1v) is 9.03. The number of alkyl halides is 3. The molecule has 9 heteroatoms. The molecule has 0 spiro atoms. The standard InChI is InChI=1S/C21H21F3N2O4/c1-5-29-19(27)15-8-12(2)26-18(16(15)10-25)14-7-6-13(20(3,4)28)9-17(14)30-11-21(22,23)24/h6-9,28H,5,11H2,1-4H3. The maximum absolute atomic E-state index is 12.8. The van der Waals surface area contributed by atoms with Gasteiger partial charge in [-0.3, -0.25) is 4.98 Å². The average molecular weight is 422 g/mol. The van der Waals surface area contributed by atoms with Crippen LogP contribution < -0.4 is 4.74 Å². The van der Waals surface area contributed by atoms with Gasteiger partial charge in [-0.05, 0) is 51.5 Å². The number of carbonyl (C=O) groups excluding carboxylic acids is 1. The molecule has 0 bridgehead atoms. The van der Waals surface area contributed by atoms with Crippen molar-refractivity contribution in [2.24, 2.45) is 0 Å². The van der Waals surface area contributed by atoms with Crippen molar-refractivity contribution in [2.75, 3.05) is 13.2 Å². The van der Waals surface area contributed by atoms with Crippen LogP contribution >= 0.6 is 0 Å². The predicted molar refractivity (Wildman–Crippen MR) is 102 cm³/mol. The Balaban J connectivity index is 2.73. The monoisotopic (exact) mass is 422 g/mol. The highest BCUT2D eigenvalue weighted by Gasteiger charge is 2.30. The van der Waals surface area contributed by atoms with E-state index in [4.69, 9.17) is 9.47 Å². The van der Waals surface area contributed by atoms with Crippen molar-refractivity contribution in [1.29, 1.82) is 5.26 Å². The maximum atomic E-state index is 12.8. The van der Waals surface area contributed by atoms with Crippen LogP contribution in [0, 0.1) is 18.3 Å². The van der Waals surface area contributed by atoms with Crippen molar-refractivity contribution < 1.29 is 32.5 Å². The van der Waals surface area contributed by atoms with Gasteiger partial charge in [-0.1, -0.05) is 6.07 Å². The van der Waals surface area contributed by atoms with Crippen LogP contribution in [-0.2, 0) is 10.3 Å². The number of hydrogen-bond acceptors (Lipinski definition) is 6. The number of carbonyl (C=O) groups is 1. The molecule has 0 fully saturated rings. The zero-order chi connectivity index (χ0) is 22.7. The van der Waals surface area contributed by atoms with E-state index in [1.165, 1.54) is 38.1 Å². The second-order valence-corrected chi connectivity index (χ2v) is 7.04. The number of benzene rings is 1. The molecule has 0 aliphatic heterocycles. The summed E-state index contributed by atoms with van der Waals surface area (Å²) in [5, 5.41) is 19.9. The van der Waals surface area contributed by atoms with Gasteiger partial charge < -0.3 is 14.6 Å². The second kappa shape index (κ2) is 8.71. The quantitative estimate of drug-likeness (QED) is 0.699. The van der Waals surface area contributed by atoms with Crippen molar-refractivity contribution in [1.82, 2.24) is 4.98 Å². The first kappa shape index (κ1) is 23.2. The van der Waals surface area contributed by atoms with Gasteiger partial charge in [0.15, 0.2) is 6.61 Å². The Bertz CT molecular complexity index is 989. The van der Waals surface area contributed by atoms with E-state index in [9.17, 15) is 28.3 Å². The SMILES string of the molecule is CCOC(=O)c1cc(C)nc(-c2ccc(C(C)(C)O)cc2OCC(F)(F)F)c1C#N. The highest BCUT2D eigenvalue weighted by Crippen LogP contribution is 2.36. The van der Waals surface area contributed by atoms with E-state index in [0.29, 0.717) is 11.3 Å². The molecular formula is C21H21F3N2O4. The topological polar surface area (TPSA) is 92.4 Å². The van der Waals surface area contributed by atoms with E-state index in [1.807, 2.05) is 6.07 Å². The van der Waals surface area contributed by atoms with Gasteiger partial charge in [0.25, 0.3) is 0 Å². The van der Waals surface area contributed by atoms with E-state index < -0.39 is 24.4 Å². The van der Waals surface area contributed by atoms with Crippen molar-refractivity contribution in [3.63, 3.8) is 0 Å². The molecule has 0 aliphatic carbocycles. The fourth-order valence-electron chi connectivity index (χ4n) is 2.73. The molecule has 1 aromatic heterocycles. The highest BCUT2D eigenvalue weighted by atomic mass is 19.4. The number of ether oxygens (including phenoxy) is 2. The summed E-state index contributed by atoms with van der Waals surface area (Å²) in [4.78, 5) is 16.5. The van der Waals surface area contributed by atoms with Gasteiger partial charge in [-0.2, -0.15) is 18.4 Å². The van der Waals surface area contributed by atoms with Crippen LogP contribution in [-0.4, -0.2) is 35.4 Å². The van der Waals surface area contributed by atoms with Crippen molar-refractivity contribution in [3.8, 4) is 23.1 Å². The van der Waals surface area contributed by atoms with E-state index in [1.54, 1.807) is 13.8 Å². The molecule has 160 valence electrons. The number of nitriles is 1. The van der Waals surface area contributed by atoms with Crippen LogP contribution in [0.2, 0.25) is 0 Å². The summed E-state index contributed by atoms with van der Waals surface area (Å²) in [6.07, 6.45) is -4.60. The summed E-state index contributed by atoms with van der Waals surface area (Å²) in [5.74, 6) is -0.969. The number of hydrogen-bond donors (Lipinski definition) is 1. The highest BCUT2D eigenvalue weighted by molar-refractivity contribution is 5.95. The molecule has 1 aromatic carbocycles. The first-order valence-electron chi connectivity index (χ1n) is 9.03. The number of aromatic nitrogens is 1. The zero-order valence-electron chi connectivity index (χ0n) is 16.9. The summed E-state index contributed by atoms with van der Waals surface area (Å²) in [7, 11) is 0. The van der Waals surface area contributed by atoms with Crippen LogP contribution in [0.3, 0.4) is 0 Å². The Morgan fingerprint density at radius 1 is 1.27 bits per heavy atom. The number of esters is 1. The molecule has 1 N–H and O–H groups in total. The molecule has 30 heavy (non-hydrogen) atoms. The normalized spacial score (nSPS) is 11.7. The van der Waals surface area contributed by atoms with Gasteiger partial charge in [0.2, 0.25) is 0 Å². The summed E-state index contributed by atoms with van der Waals surface area (Å²) in [5.41, 5.74) is -0.802. The number of aryl methyl sites for hydroxylation is 1. The molecule has 6 nitrogen and oxygen atoms in total. The van der Waals surface area contributed by atoms with Gasteiger partial charge in [0.1, 0.15) is 11.8 Å². The number of pyridine rings is 1. The predicted octanol–water partition coefficient (Wildman–Crippen LogP) is 4.27. The van der Waals surface area contributed by atoms with Crippen LogP contribution in [0.25, 0.3) is 11.3 Å². The van der Waals surface area contributed by atoms with Gasteiger partial charge in [-0.15, -0.1) is 0 Å². The Hall–Kier alpha value is -3.12. The lowest BCUT2D eigenvalue weighted by atomic mass is 9.94. The largest absolute Gasteiger partial charge is 0.483 e. The smallest absolute Gasteiger partial charge is 0.422 e. The Morgan fingerprint density at radius 2 is 1.93 bits per heavy atom. The zero-order valence-corrected chi connectivity index (χ0v) is 16.9. The van der Waals surface area contributed by atoms with Gasteiger partial charge >= 0.3 is 12.1 Å². The Labute approximate surface area is 171 Å². The van der Waals surface area contributed by atoms with Crippen LogP contribution in [0.5, 0.6) is 5.75 Å². The van der Waals surface area contributed by atoms with Crippen molar-refractivity contribution in [3.05, 3.63) is 46.6 Å². The molecule has 1 heterocycles. The number of rotatable bonds is 6. The molecule has 0 saturated heterocycles. The molecule has 0 atom stereocenters. The third-order valence-corrected chi connectivity index (χ3v) is 4.09. The summed E-state index contributed by atoms with van der Waals surface area (Å²) < 4.78 is 48.3. The van der Waals surface area contributed by atoms with E-state index in [2.05, 4.69) is 4.98 Å². The van der Waals surface area contributed by atoms with Crippen LogP contribution in [0.1, 0.15) is 48.0 Å². The second-order valence-electron chi connectivity index (χ2n) is 7.04. The molecular weight excluding hydrogens is 401 g/mol. The molecule has 0 unspecified atom stereocenters. The lowest BCUT2D eigenvalue weighted by molar-refractivity contribution is -0.153. The van der Waals surface area contributed by atoms with Crippen LogP contribution in [0.4, 0.5) is 13.2 Å². The Morgan fingerprint density at radius 3 is 2.47 bits per heavy atom. The third kappa shape index (κ3) is 5.48. The maximum Gasteiger partial charge on any atom is 0.422 e. The van der Waals surface area contributed by atoms with Gasteiger partial charge in [0, 0.05) is 11.3 Å². The van der Waals surface area contributed by atoms with Gasteiger partial charge in [-0.25, -0.2) is 4.79 Å². The van der Waals surface area contributed by atoms with Crippen molar-refractivity contribution in [2.45, 2.75) is 39.5 Å². The molecule has 0 aliphatic rings. The third-order valence-electron chi connectivity index (χ3n) is 4.09. The Kier molecular flexibility index (Phi) is 6.73. The molecule has 0 saturated carbocycles. The lowest BCUT2D eigenvalue weighted by Gasteiger charge is -2.21.